The van der Waals surface area contributed by atoms with Crippen LogP contribution in [-0.2, 0) is 22.0 Å². The number of rotatable bonds is 5. The first-order chi connectivity index (χ1) is 16.4. The largest absolute Gasteiger partial charge is 0.312 e. The number of hydrogen-bond acceptors (Lipinski definition) is 6. The van der Waals surface area contributed by atoms with Gasteiger partial charge in [-0.25, -0.2) is 8.42 Å². The number of carbonyl (C=O) groups excluding carboxylic acids is 1. The lowest BCUT2D eigenvalue weighted by molar-refractivity contribution is 0.102. The van der Waals surface area contributed by atoms with E-state index in [9.17, 15) is 18.5 Å². The second kappa shape index (κ2) is 9.32. The molecule has 4 rings (SSSR count). The summed E-state index contributed by atoms with van der Waals surface area (Å²) in [7, 11) is -3.61. The number of nitriles is 1. The lowest BCUT2D eigenvalue weighted by Crippen LogP contribution is -2.54. The maximum atomic E-state index is 13.2. The van der Waals surface area contributed by atoms with Gasteiger partial charge in [0.25, 0.3) is 5.91 Å². The molecule has 0 aliphatic carbocycles. The molecule has 1 aromatic carbocycles. The Labute approximate surface area is 212 Å². The number of piperidine rings is 1. The lowest BCUT2D eigenvalue weighted by Gasteiger charge is -2.42. The molecule has 2 aliphatic heterocycles. The molecule has 1 aromatic heterocycles. The predicted molar refractivity (Wildman–Crippen MR) is 139 cm³/mol. The summed E-state index contributed by atoms with van der Waals surface area (Å²) in [4.78, 5) is 14.3. The number of thiophene rings is 1. The molecule has 0 radical (unpaired) electrons. The molecule has 9 heteroatoms. The lowest BCUT2D eigenvalue weighted by atomic mass is 9.81. The number of fused-ring (bicyclic) bond motifs is 1. The number of sulfonamides is 1. The van der Waals surface area contributed by atoms with E-state index in [0.717, 1.165) is 36.1 Å². The van der Waals surface area contributed by atoms with Crippen molar-refractivity contribution in [3.05, 3.63) is 45.8 Å². The fraction of sp³-hybridized carbons (Fsp3) is 0.538. The highest BCUT2D eigenvalue weighted by Crippen LogP contribution is 2.44. The number of carbonyl (C=O) groups is 1. The molecule has 3 heterocycles. The Morgan fingerprint density at radius 3 is 2.54 bits per heavy atom. The van der Waals surface area contributed by atoms with E-state index < -0.39 is 10.0 Å². The Morgan fingerprint density at radius 2 is 1.91 bits per heavy atom. The summed E-state index contributed by atoms with van der Waals surface area (Å²) in [6.07, 6.45) is 4.28. The van der Waals surface area contributed by atoms with Crippen LogP contribution in [-0.4, -0.2) is 36.8 Å². The molecular weight excluding hydrogens is 480 g/mol. The van der Waals surface area contributed by atoms with E-state index in [1.54, 1.807) is 16.4 Å². The van der Waals surface area contributed by atoms with E-state index in [-0.39, 0.29) is 27.9 Å². The number of amides is 1. The predicted octanol–water partition coefficient (Wildman–Crippen LogP) is 4.98. The van der Waals surface area contributed by atoms with Gasteiger partial charge in [0.05, 0.1) is 10.5 Å². The molecule has 1 atom stereocenters. The van der Waals surface area contributed by atoms with E-state index in [1.165, 1.54) is 23.5 Å². The molecule has 0 bridgehead atoms. The molecule has 1 unspecified atom stereocenters. The average Bonchev–Trinajstić information content (AvgIpc) is 3.15. The molecule has 1 saturated heterocycles. The molecule has 1 fully saturated rings. The highest BCUT2D eigenvalue weighted by Gasteiger charge is 2.40. The van der Waals surface area contributed by atoms with Crippen LogP contribution in [0.25, 0.3) is 0 Å². The molecule has 0 saturated carbocycles. The first-order valence-electron chi connectivity index (χ1n) is 12.2. The monoisotopic (exact) mass is 514 g/mol. The number of hydrogen-bond donors (Lipinski definition) is 2. The zero-order valence-corrected chi connectivity index (χ0v) is 22.7. The molecule has 2 N–H and O–H groups in total. The molecule has 0 spiro atoms. The highest BCUT2D eigenvalue weighted by atomic mass is 32.2. The van der Waals surface area contributed by atoms with Crippen LogP contribution < -0.4 is 10.6 Å². The SMILES string of the molecule is CCC1CCCCN1S(=O)(=O)c1ccc(C(=O)Nc2sc3c(c2C#N)CC(C)(C)NC3(C)C)cc1. The van der Waals surface area contributed by atoms with Crippen LogP contribution in [0.4, 0.5) is 5.00 Å². The molecule has 188 valence electrons. The van der Waals surface area contributed by atoms with Crippen molar-refractivity contribution < 1.29 is 13.2 Å². The van der Waals surface area contributed by atoms with Crippen molar-refractivity contribution in [3.63, 3.8) is 0 Å². The van der Waals surface area contributed by atoms with Crippen LogP contribution in [0.5, 0.6) is 0 Å². The number of benzene rings is 1. The number of anilines is 1. The van der Waals surface area contributed by atoms with Gasteiger partial charge in [-0.2, -0.15) is 9.57 Å². The van der Waals surface area contributed by atoms with Gasteiger partial charge in [0, 0.05) is 34.1 Å². The van der Waals surface area contributed by atoms with Gasteiger partial charge in [0.1, 0.15) is 11.1 Å². The van der Waals surface area contributed by atoms with Crippen LogP contribution in [0.3, 0.4) is 0 Å². The molecule has 1 amide bonds. The third-order valence-electron chi connectivity index (χ3n) is 6.95. The van der Waals surface area contributed by atoms with Crippen molar-refractivity contribution >= 4 is 32.3 Å². The summed E-state index contributed by atoms with van der Waals surface area (Å²) in [5, 5.41) is 17.0. The zero-order valence-electron chi connectivity index (χ0n) is 21.1. The first-order valence-corrected chi connectivity index (χ1v) is 14.4. The van der Waals surface area contributed by atoms with Crippen LogP contribution in [0, 0.1) is 11.3 Å². The Bertz CT molecular complexity index is 1270. The van der Waals surface area contributed by atoms with E-state index in [0.29, 0.717) is 29.1 Å². The van der Waals surface area contributed by atoms with Crippen molar-refractivity contribution in [1.29, 1.82) is 5.26 Å². The Balaban J connectivity index is 1.57. The van der Waals surface area contributed by atoms with Gasteiger partial charge in [-0.15, -0.1) is 11.3 Å². The Kier molecular flexibility index (Phi) is 6.88. The van der Waals surface area contributed by atoms with Crippen LogP contribution in [0.15, 0.2) is 29.2 Å². The number of nitrogens with zero attached hydrogens (tertiary/aromatic N) is 2. The normalized spacial score (nSPS) is 21.7. The highest BCUT2D eigenvalue weighted by molar-refractivity contribution is 7.89. The third kappa shape index (κ3) is 4.90. The summed E-state index contributed by atoms with van der Waals surface area (Å²) in [6, 6.07) is 8.41. The quantitative estimate of drug-likeness (QED) is 0.586. The van der Waals surface area contributed by atoms with Gasteiger partial charge >= 0.3 is 0 Å². The van der Waals surface area contributed by atoms with Gasteiger partial charge in [0.2, 0.25) is 10.0 Å². The van der Waals surface area contributed by atoms with Gasteiger partial charge in [-0.05, 0) is 83.2 Å². The van der Waals surface area contributed by atoms with E-state index in [2.05, 4.69) is 44.4 Å². The topological polar surface area (TPSA) is 102 Å². The summed E-state index contributed by atoms with van der Waals surface area (Å²) in [5.41, 5.74) is 1.35. The standard InChI is InChI=1S/C26H34N4O3S2/c1-6-18-9-7-8-14-30(18)35(32,33)19-12-10-17(11-13-19)23(31)28-24-21(16-27)20-15-25(2,3)29-26(4,5)22(20)34-24/h10-13,18,29H,6-9,14-15H2,1-5H3,(H,28,31). The van der Waals surface area contributed by atoms with Crippen molar-refractivity contribution in [2.75, 3.05) is 11.9 Å². The van der Waals surface area contributed by atoms with Crippen molar-refractivity contribution in [3.8, 4) is 6.07 Å². The minimum absolute atomic E-state index is 0.0229. The molecule has 35 heavy (non-hydrogen) atoms. The average molecular weight is 515 g/mol. The van der Waals surface area contributed by atoms with E-state index >= 15 is 0 Å². The Morgan fingerprint density at radius 1 is 1.23 bits per heavy atom. The van der Waals surface area contributed by atoms with Crippen LogP contribution in [0.2, 0.25) is 0 Å². The Hall–Kier alpha value is -2.25. The van der Waals surface area contributed by atoms with E-state index in [4.69, 9.17) is 0 Å². The summed E-state index contributed by atoms with van der Waals surface area (Å²) >= 11 is 1.43. The fourth-order valence-corrected chi connectivity index (χ4v) is 8.51. The maximum absolute atomic E-state index is 13.2. The fourth-order valence-electron chi connectivity index (χ4n) is 5.52. The van der Waals surface area contributed by atoms with Gasteiger partial charge in [-0.1, -0.05) is 13.3 Å². The molecule has 2 aliphatic rings. The van der Waals surface area contributed by atoms with E-state index in [1.807, 2.05) is 6.92 Å². The van der Waals surface area contributed by atoms with Crippen molar-refractivity contribution in [2.45, 2.75) is 88.7 Å². The molecular formula is C26H34N4O3S2. The molecule has 2 aromatic rings. The molecule has 7 nitrogen and oxygen atoms in total. The maximum Gasteiger partial charge on any atom is 0.256 e. The minimum Gasteiger partial charge on any atom is -0.312 e. The van der Waals surface area contributed by atoms with Crippen LogP contribution in [0.1, 0.15) is 86.7 Å². The minimum atomic E-state index is -3.61. The first kappa shape index (κ1) is 25.8. The second-order valence-corrected chi connectivity index (χ2v) is 13.6. The second-order valence-electron chi connectivity index (χ2n) is 10.7. The van der Waals surface area contributed by atoms with Crippen molar-refractivity contribution in [2.24, 2.45) is 0 Å². The summed E-state index contributed by atoms with van der Waals surface area (Å²) in [6.45, 7) is 10.9. The smallest absolute Gasteiger partial charge is 0.256 e. The third-order valence-corrected chi connectivity index (χ3v) is 10.4. The van der Waals surface area contributed by atoms with Crippen LogP contribution >= 0.6 is 11.3 Å². The zero-order chi connectivity index (χ0) is 25.6. The van der Waals surface area contributed by atoms with Crippen molar-refractivity contribution in [1.82, 2.24) is 9.62 Å². The van der Waals surface area contributed by atoms with Gasteiger partial charge < -0.3 is 10.6 Å². The summed E-state index contributed by atoms with van der Waals surface area (Å²) in [5.74, 6) is -0.363. The number of nitrogens with one attached hydrogen (secondary N) is 2. The van der Waals surface area contributed by atoms with Gasteiger partial charge in [-0.3, -0.25) is 4.79 Å². The van der Waals surface area contributed by atoms with Gasteiger partial charge in [0.15, 0.2) is 0 Å². The summed E-state index contributed by atoms with van der Waals surface area (Å²) < 4.78 is 28.1.